The van der Waals surface area contributed by atoms with Crippen LogP contribution in [0.15, 0.2) is 18.2 Å². The predicted molar refractivity (Wildman–Crippen MR) is 80.9 cm³/mol. The fourth-order valence-electron chi connectivity index (χ4n) is 2.89. The second kappa shape index (κ2) is 6.01. The summed E-state index contributed by atoms with van der Waals surface area (Å²) in [6.45, 7) is 4.32. The Balaban J connectivity index is 1.68. The Hall–Kier alpha value is -0.280. The maximum absolute atomic E-state index is 6.29. The molecular formula is C15H20Cl2N2. The fourth-order valence-corrected chi connectivity index (χ4v) is 3.27. The topological polar surface area (TPSA) is 15.3 Å². The Morgan fingerprint density at radius 2 is 2.11 bits per heavy atom. The highest BCUT2D eigenvalue weighted by Crippen LogP contribution is 2.34. The maximum atomic E-state index is 6.29. The second-order valence-electron chi connectivity index (χ2n) is 5.70. The van der Waals surface area contributed by atoms with Crippen LogP contribution in [0.3, 0.4) is 0 Å². The molecule has 2 aliphatic rings. The van der Waals surface area contributed by atoms with E-state index in [0.29, 0.717) is 16.1 Å². The van der Waals surface area contributed by atoms with Crippen LogP contribution in [-0.4, -0.2) is 30.6 Å². The molecule has 1 unspecified atom stereocenters. The Kier molecular flexibility index (Phi) is 4.33. The van der Waals surface area contributed by atoms with Crippen molar-refractivity contribution in [1.82, 2.24) is 10.2 Å². The van der Waals surface area contributed by atoms with E-state index in [-0.39, 0.29) is 0 Å². The van der Waals surface area contributed by atoms with Gasteiger partial charge >= 0.3 is 0 Å². The van der Waals surface area contributed by atoms with E-state index < -0.39 is 0 Å². The highest BCUT2D eigenvalue weighted by molar-refractivity contribution is 6.42. The molecular weight excluding hydrogens is 279 g/mol. The normalized spacial score (nSPS) is 25.3. The Labute approximate surface area is 125 Å². The van der Waals surface area contributed by atoms with Crippen molar-refractivity contribution < 1.29 is 0 Å². The number of rotatable bonds is 3. The van der Waals surface area contributed by atoms with Crippen molar-refractivity contribution in [2.24, 2.45) is 5.92 Å². The lowest BCUT2D eigenvalue weighted by Gasteiger charge is -2.24. The molecule has 1 heterocycles. The molecule has 0 amide bonds. The van der Waals surface area contributed by atoms with Gasteiger partial charge in [0.05, 0.1) is 10.0 Å². The highest BCUT2D eigenvalue weighted by atomic mass is 35.5. The van der Waals surface area contributed by atoms with Crippen LogP contribution in [0.2, 0.25) is 10.0 Å². The van der Waals surface area contributed by atoms with Crippen molar-refractivity contribution in [2.75, 3.05) is 19.6 Å². The van der Waals surface area contributed by atoms with Crippen molar-refractivity contribution in [3.8, 4) is 0 Å². The molecule has 19 heavy (non-hydrogen) atoms. The predicted octanol–water partition coefficient (Wildman–Crippen LogP) is 3.57. The van der Waals surface area contributed by atoms with Gasteiger partial charge in [0.25, 0.3) is 0 Å². The van der Waals surface area contributed by atoms with Crippen LogP contribution in [-0.2, 0) is 6.54 Å². The van der Waals surface area contributed by atoms with E-state index >= 15 is 0 Å². The third kappa shape index (κ3) is 3.43. The highest BCUT2D eigenvalue weighted by Gasteiger charge is 2.33. The molecule has 1 aliphatic carbocycles. The quantitative estimate of drug-likeness (QED) is 0.918. The standard InChI is InChI=1S/C15H20Cl2N2/c16-13-4-1-3-12(15(13)17)9-19-8-2-7-18-14(10-19)11-5-6-11/h1,3-4,11,14,18H,2,5-10H2. The first kappa shape index (κ1) is 13.7. The Morgan fingerprint density at radius 1 is 1.26 bits per heavy atom. The number of hydrogen-bond donors (Lipinski definition) is 1. The van der Waals surface area contributed by atoms with Gasteiger partial charge < -0.3 is 5.32 Å². The zero-order chi connectivity index (χ0) is 13.2. The molecule has 104 valence electrons. The smallest absolute Gasteiger partial charge is 0.0637 e. The molecule has 1 aromatic rings. The largest absolute Gasteiger partial charge is 0.312 e. The summed E-state index contributed by atoms with van der Waals surface area (Å²) >= 11 is 12.4. The van der Waals surface area contributed by atoms with Crippen molar-refractivity contribution >= 4 is 23.2 Å². The molecule has 1 N–H and O–H groups in total. The first-order valence-electron chi connectivity index (χ1n) is 7.12. The number of nitrogens with one attached hydrogen (secondary N) is 1. The first-order valence-corrected chi connectivity index (χ1v) is 7.88. The van der Waals surface area contributed by atoms with E-state index in [9.17, 15) is 0 Å². The minimum absolute atomic E-state index is 0.658. The van der Waals surface area contributed by atoms with Gasteiger partial charge in [0.15, 0.2) is 0 Å². The summed E-state index contributed by atoms with van der Waals surface area (Å²) in [5, 5.41) is 5.06. The molecule has 0 radical (unpaired) electrons. The summed E-state index contributed by atoms with van der Waals surface area (Å²) in [5.74, 6) is 0.899. The second-order valence-corrected chi connectivity index (χ2v) is 6.48. The van der Waals surface area contributed by atoms with Crippen LogP contribution in [0, 0.1) is 5.92 Å². The molecule has 1 saturated carbocycles. The van der Waals surface area contributed by atoms with Crippen molar-refractivity contribution in [1.29, 1.82) is 0 Å². The molecule has 4 heteroatoms. The first-order chi connectivity index (χ1) is 9.24. The third-order valence-corrected chi connectivity index (χ3v) is 4.99. The summed E-state index contributed by atoms with van der Waals surface area (Å²) in [7, 11) is 0. The van der Waals surface area contributed by atoms with E-state index in [1.54, 1.807) is 0 Å². The molecule has 0 bridgehead atoms. The molecule has 1 saturated heterocycles. The van der Waals surface area contributed by atoms with Crippen LogP contribution in [0.4, 0.5) is 0 Å². The molecule has 1 aliphatic heterocycles. The number of benzene rings is 1. The zero-order valence-corrected chi connectivity index (χ0v) is 12.6. The van der Waals surface area contributed by atoms with Gasteiger partial charge in [0.2, 0.25) is 0 Å². The summed E-state index contributed by atoms with van der Waals surface area (Å²) in [4.78, 5) is 2.51. The van der Waals surface area contributed by atoms with Gasteiger partial charge in [-0.25, -0.2) is 0 Å². The van der Waals surface area contributed by atoms with E-state index in [4.69, 9.17) is 23.2 Å². The SMILES string of the molecule is Clc1cccc(CN2CCCNC(C3CC3)C2)c1Cl. The number of hydrogen-bond acceptors (Lipinski definition) is 2. The summed E-state index contributed by atoms with van der Waals surface area (Å²) < 4.78 is 0. The number of halogens is 2. The van der Waals surface area contributed by atoms with Gasteiger partial charge in [-0.1, -0.05) is 35.3 Å². The molecule has 3 rings (SSSR count). The maximum Gasteiger partial charge on any atom is 0.0637 e. The summed E-state index contributed by atoms with van der Waals surface area (Å²) in [5.41, 5.74) is 1.14. The van der Waals surface area contributed by atoms with Crippen LogP contribution in [0.25, 0.3) is 0 Å². The van der Waals surface area contributed by atoms with Crippen LogP contribution in [0.1, 0.15) is 24.8 Å². The Morgan fingerprint density at radius 3 is 2.89 bits per heavy atom. The zero-order valence-electron chi connectivity index (χ0n) is 11.0. The number of nitrogens with zero attached hydrogens (tertiary/aromatic N) is 1. The van der Waals surface area contributed by atoms with Gasteiger partial charge in [-0.05, 0) is 49.9 Å². The lowest BCUT2D eigenvalue weighted by molar-refractivity contribution is 0.251. The fraction of sp³-hybridized carbons (Fsp3) is 0.600. The van der Waals surface area contributed by atoms with E-state index in [2.05, 4.69) is 16.3 Å². The van der Waals surface area contributed by atoms with Gasteiger partial charge in [0.1, 0.15) is 0 Å². The van der Waals surface area contributed by atoms with Gasteiger partial charge in [-0.3, -0.25) is 4.90 Å². The minimum Gasteiger partial charge on any atom is -0.312 e. The molecule has 2 fully saturated rings. The average Bonchev–Trinajstić information content (AvgIpc) is 3.21. The van der Waals surface area contributed by atoms with Crippen molar-refractivity contribution in [2.45, 2.75) is 31.8 Å². The van der Waals surface area contributed by atoms with E-state index in [0.717, 1.165) is 37.7 Å². The van der Waals surface area contributed by atoms with Crippen molar-refractivity contribution in [3.63, 3.8) is 0 Å². The molecule has 1 aromatic carbocycles. The summed E-state index contributed by atoms with van der Waals surface area (Å²) in [6, 6.07) is 6.58. The van der Waals surface area contributed by atoms with Crippen molar-refractivity contribution in [3.05, 3.63) is 33.8 Å². The lowest BCUT2D eigenvalue weighted by Crippen LogP contribution is -2.39. The van der Waals surface area contributed by atoms with Gasteiger partial charge in [0, 0.05) is 19.1 Å². The average molecular weight is 299 g/mol. The van der Waals surface area contributed by atoms with Gasteiger partial charge in [-0.15, -0.1) is 0 Å². The van der Waals surface area contributed by atoms with Gasteiger partial charge in [-0.2, -0.15) is 0 Å². The van der Waals surface area contributed by atoms with E-state index in [1.165, 1.54) is 19.3 Å². The van der Waals surface area contributed by atoms with E-state index in [1.807, 2.05) is 12.1 Å². The monoisotopic (exact) mass is 298 g/mol. The summed E-state index contributed by atoms with van der Waals surface area (Å²) in [6.07, 6.45) is 3.99. The Bertz CT molecular complexity index is 446. The molecule has 0 aromatic heterocycles. The molecule has 2 nitrogen and oxygen atoms in total. The molecule has 0 spiro atoms. The van der Waals surface area contributed by atoms with Crippen LogP contribution in [0.5, 0.6) is 0 Å². The third-order valence-electron chi connectivity index (χ3n) is 4.13. The van der Waals surface area contributed by atoms with Crippen LogP contribution < -0.4 is 5.32 Å². The van der Waals surface area contributed by atoms with Crippen LogP contribution >= 0.6 is 23.2 Å². The molecule has 1 atom stereocenters. The minimum atomic E-state index is 0.658. The lowest BCUT2D eigenvalue weighted by atomic mass is 10.1.